The summed E-state index contributed by atoms with van der Waals surface area (Å²) in [6.45, 7) is 4.41. The van der Waals surface area contributed by atoms with E-state index in [4.69, 9.17) is 0 Å². The summed E-state index contributed by atoms with van der Waals surface area (Å²) in [5, 5.41) is 0. The van der Waals surface area contributed by atoms with E-state index in [9.17, 15) is 0 Å². The molecule has 0 aliphatic rings. The van der Waals surface area contributed by atoms with Crippen molar-refractivity contribution in [3.63, 3.8) is 0 Å². The fraction of sp³-hybridized carbons (Fsp3) is 0.400. The normalized spacial score (nSPS) is 8.91. The zero-order valence-electron chi connectivity index (χ0n) is 7.43. The molecule has 0 amide bonds. The van der Waals surface area contributed by atoms with Crippen molar-refractivity contribution in [1.29, 1.82) is 0 Å². The van der Waals surface area contributed by atoms with Crippen LogP contribution in [-0.4, -0.2) is 0 Å². The molecule has 3 N–H and O–H groups in total. The molecule has 0 saturated carbocycles. The summed E-state index contributed by atoms with van der Waals surface area (Å²) in [7, 11) is 0. The van der Waals surface area contributed by atoms with E-state index in [0.29, 0.717) is 0 Å². The van der Waals surface area contributed by atoms with Crippen LogP contribution in [0, 0.1) is 0 Å². The third-order valence-electron chi connectivity index (χ3n) is 1.88. The molecule has 11 heavy (non-hydrogen) atoms. The molecule has 0 atom stereocenters. The quantitative estimate of drug-likeness (QED) is 0.692. The molecule has 0 radical (unpaired) electrons. The van der Waals surface area contributed by atoms with Crippen molar-refractivity contribution in [3.8, 4) is 0 Å². The monoisotopic (exact) mass is 151 g/mol. The van der Waals surface area contributed by atoms with Crippen LogP contribution in [0.1, 0.15) is 25.0 Å². The predicted octanol–water partition coefficient (Wildman–Crippen LogP) is 2.97. The Morgan fingerprint density at radius 3 is 1.55 bits per heavy atom. The smallest absolute Gasteiger partial charge is 0.0305 e. The van der Waals surface area contributed by atoms with Crippen LogP contribution < -0.4 is 6.15 Å². The lowest BCUT2D eigenvalue weighted by Gasteiger charge is -2.02. The van der Waals surface area contributed by atoms with E-state index in [-0.39, 0.29) is 6.15 Å². The van der Waals surface area contributed by atoms with Gasteiger partial charge in [-0.15, -0.1) is 0 Å². The Kier molecular flexibility index (Phi) is 4.55. The molecule has 0 aromatic heterocycles. The number of benzene rings is 1. The fourth-order valence-corrected chi connectivity index (χ4v) is 1.25. The Morgan fingerprint density at radius 2 is 1.27 bits per heavy atom. The summed E-state index contributed by atoms with van der Waals surface area (Å²) >= 11 is 0. The second kappa shape index (κ2) is 4.91. The first kappa shape index (κ1) is 10.2. The van der Waals surface area contributed by atoms with Gasteiger partial charge in [-0.2, -0.15) is 0 Å². The predicted molar refractivity (Wildman–Crippen MR) is 50.2 cm³/mol. The van der Waals surface area contributed by atoms with Gasteiger partial charge in [-0.1, -0.05) is 38.1 Å². The molecule has 0 unspecified atom stereocenters. The summed E-state index contributed by atoms with van der Waals surface area (Å²) in [5.74, 6) is 0. The van der Waals surface area contributed by atoms with Crippen LogP contribution in [0.3, 0.4) is 0 Å². The zero-order chi connectivity index (χ0) is 7.40. The van der Waals surface area contributed by atoms with Crippen molar-refractivity contribution in [1.82, 2.24) is 6.15 Å². The van der Waals surface area contributed by atoms with E-state index in [1.54, 1.807) is 0 Å². The second-order valence-corrected chi connectivity index (χ2v) is 2.48. The van der Waals surface area contributed by atoms with Gasteiger partial charge >= 0.3 is 0 Å². The van der Waals surface area contributed by atoms with E-state index >= 15 is 0 Å². The van der Waals surface area contributed by atoms with E-state index in [2.05, 4.69) is 38.1 Å². The number of aryl methyl sites for hydroxylation is 2. The van der Waals surface area contributed by atoms with Crippen LogP contribution >= 0.6 is 0 Å². The van der Waals surface area contributed by atoms with Gasteiger partial charge in [0.2, 0.25) is 0 Å². The molecule has 1 nitrogen and oxygen atoms in total. The van der Waals surface area contributed by atoms with Gasteiger partial charge in [-0.3, -0.25) is 0 Å². The molecule has 0 heterocycles. The highest BCUT2D eigenvalue weighted by Gasteiger charge is 1.93. The molecule has 1 aromatic rings. The Bertz CT molecular complexity index is 183. The Balaban J connectivity index is 0.000001000. The molecule has 1 heteroatoms. The van der Waals surface area contributed by atoms with E-state index in [0.717, 1.165) is 12.8 Å². The molecule has 0 fully saturated rings. The first-order valence-corrected chi connectivity index (χ1v) is 3.95. The van der Waals surface area contributed by atoms with Gasteiger partial charge in [0.25, 0.3) is 0 Å². The molecular weight excluding hydrogens is 134 g/mol. The van der Waals surface area contributed by atoms with Crippen LogP contribution in [0.2, 0.25) is 0 Å². The van der Waals surface area contributed by atoms with Crippen molar-refractivity contribution >= 4 is 0 Å². The average molecular weight is 151 g/mol. The molecule has 0 aliphatic carbocycles. The van der Waals surface area contributed by atoms with Crippen LogP contribution in [-0.2, 0) is 12.8 Å². The van der Waals surface area contributed by atoms with Crippen molar-refractivity contribution in [2.45, 2.75) is 26.7 Å². The van der Waals surface area contributed by atoms with E-state index in [1.807, 2.05) is 0 Å². The van der Waals surface area contributed by atoms with Crippen molar-refractivity contribution < 1.29 is 0 Å². The molecule has 0 aliphatic heterocycles. The minimum atomic E-state index is 0. The minimum absolute atomic E-state index is 0. The zero-order valence-corrected chi connectivity index (χ0v) is 7.43. The van der Waals surface area contributed by atoms with Crippen LogP contribution in [0.5, 0.6) is 0 Å². The summed E-state index contributed by atoms with van der Waals surface area (Å²) in [6, 6.07) is 8.63. The fourth-order valence-electron chi connectivity index (χ4n) is 1.25. The maximum Gasteiger partial charge on any atom is -0.0305 e. The number of rotatable bonds is 2. The lowest BCUT2D eigenvalue weighted by molar-refractivity contribution is 1.04. The highest BCUT2D eigenvalue weighted by molar-refractivity contribution is 5.26. The van der Waals surface area contributed by atoms with Gasteiger partial charge in [0.1, 0.15) is 0 Å². The topological polar surface area (TPSA) is 35.0 Å². The summed E-state index contributed by atoms with van der Waals surface area (Å²) < 4.78 is 0. The van der Waals surface area contributed by atoms with Gasteiger partial charge in [0.15, 0.2) is 0 Å². The van der Waals surface area contributed by atoms with Gasteiger partial charge in [-0.05, 0) is 24.0 Å². The first-order chi connectivity index (χ1) is 4.88. The van der Waals surface area contributed by atoms with Gasteiger partial charge in [-0.25, -0.2) is 0 Å². The largest absolute Gasteiger partial charge is 0.344 e. The second-order valence-electron chi connectivity index (χ2n) is 2.48. The van der Waals surface area contributed by atoms with Crippen molar-refractivity contribution in [2.75, 3.05) is 0 Å². The molecule has 0 saturated heterocycles. The first-order valence-electron chi connectivity index (χ1n) is 3.95. The summed E-state index contributed by atoms with van der Waals surface area (Å²) in [6.07, 6.45) is 2.31. The standard InChI is InChI=1S/C10H14.H3N/c1-3-9-7-5-6-8-10(9)4-2;/h5-8H,3-4H2,1-2H3;1H3. The molecule has 62 valence electrons. The van der Waals surface area contributed by atoms with Crippen LogP contribution in [0.25, 0.3) is 0 Å². The van der Waals surface area contributed by atoms with Gasteiger partial charge in [0, 0.05) is 0 Å². The average Bonchev–Trinajstić information content (AvgIpc) is 2.04. The lowest BCUT2D eigenvalue weighted by atomic mass is 10.0. The Labute approximate surface area is 69.0 Å². The highest BCUT2D eigenvalue weighted by atomic mass is 14.0. The lowest BCUT2D eigenvalue weighted by Crippen LogP contribution is -1.88. The van der Waals surface area contributed by atoms with Crippen LogP contribution in [0.15, 0.2) is 24.3 Å². The minimum Gasteiger partial charge on any atom is -0.344 e. The van der Waals surface area contributed by atoms with Crippen molar-refractivity contribution in [2.24, 2.45) is 0 Å². The van der Waals surface area contributed by atoms with Gasteiger partial charge in [0.05, 0.1) is 0 Å². The molecule has 1 aromatic carbocycles. The van der Waals surface area contributed by atoms with Gasteiger partial charge < -0.3 is 6.15 Å². The van der Waals surface area contributed by atoms with Crippen molar-refractivity contribution in [3.05, 3.63) is 35.4 Å². The maximum absolute atomic E-state index is 2.21. The maximum atomic E-state index is 2.21. The van der Waals surface area contributed by atoms with Crippen LogP contribution in [0.4, 0.5) is 0 Å². The summed E-state index contributed by atoms with van der Waals surface area (Å²) in [4.78, 5) is 0. The highest BCUT2D eigenvalue weighted by Crippen LogP contribution is 2.08. The molecule has 1 rings (SSSR count). The molecule has 0 spiro atoms. The number of hydrogen-bond acceptors (Lipinski definition) is 1. The Morgan fingerprint density at radius 1 is 0.909 bits per heavy atom. The van der Waals surface area contributed by atoms with E-state index in [1.165, 1.54) is 11.1 Å². The number of hydrogen-bond donors (Lipinski definition) is 1. The van der Waals surface area contributed by atoms with E-state index < -0.39 is 0 Å². The summed E-state index contributed by atoms with van der Waals surface area (Å²) in [5.41, 5.74) is 2.98. The third kappa shape index (κ3) is 2.35. The Hall–Kier alpha value is -0.820. The third-order valence-corrected chi connectivity index (χ3v) is 1.88. The molecular formula is C10H17N. The SMILES string of the molecule is CCc1ccccc1CC.N. The molecule has 0 bridgehead atoms.